The Morgan fingerprint density at radius 3 is 2.75 bits per heavy atom. The predicted molar refractivity (Wildman–Crippen MR) is 109 cm³/mol. The zero-order valence-corrected chi connectivity index (χ0v) is 16.4. The van der Waals surface area contributed by atoms with Crippen LogP contribution in [0.4, 0.5) is 11.4 Å². The van der Waals surface area contributed by atoms with E-state index in [9.17, 15) is 9.59 Å². The lowest BCUT2D eigenvalue weighted by atomic mass is 10.2. The van der Waals surface area contributed by atoms with Gasteiger partial charge >= 0.3 is 0 Å². The van der Waals surface area contributed by atoms with Crippen LogP contribution in [0.15, 0.2) is 42.5 Å². The van der Waals surface area contributed by atoms with E-state index < -0.39 is 0 Å². The Morgan fingerprint density at radius 2 is 2.00 bits per heavy atom. The van der Waals surface area contributed by atoms with E-state index in [4.69, 9.17) is 9.47 Å². The van der Waals surface area contributed by atoms with Crippen molar-refractivity contribution < 1.29 is 19.1 Å². The number of anilines is 2. The second-order valence-corrected chi connectivity index (χ2v) is 6.83. The van der Waals surface area contributed by atoms with E-state index >= 15 is 0 Å². The molecule has 1 aliphatic rings. The Balaban J connectivity index is 1.67. The zero-order chi connectivity index (χ0) is 19.9. The summed E-state index contributed by atoms with van der Waals surface area (Å²) in [6.45, 7) is 4.83. The van der Waals surface area contributed by atoms with Crippen LogP contribution in [0.2, 0.25) is 0 Å². The molecule has 0 unspecified atom stereocenters. The largest absolute Gasteiger partial charge is 0.492 e. The van der Waals surface area contributed by atoms with Crippen LogP contribution in [0, 0.1) is 6.92 Å². The molecule has 1 heterocycles. The molecule has 1 N–H and O–H groups in total. The molecule has 0 aromatic heterocycles. The quantitative estimate of drug-likeness (QED) is 0.751. The first-order valence-corrected chi connectivity index (χ1v) is 9.63. The molecule has 28 heavy (non-hydrogen) atoms. The topological polar surface area (TPSA) is 67.9 Å². The van der Waals surface area contributed by atoms with Crippen molar-refractivity contribution in [1.29, 1.82) is 0 Å². The van der Waals surface area contributed by atoms with E-state index in [1.54, 1.807) is 23.1 Å². The van der Waals surface area contributed by atoms with Gasteiger partial charge < -0.3 is 19.7 Å². The number of fused-ring (bicyclic) bond motifs is 1. The van der Waals surface area contributed by atoms with Crippen molar-refractivity contribution in [3.63, 3.8) is 0 Å². The van der Waals surface area contributed by atoms with Gasteiger partial charge in [-0.2, -0.15) is 0 Å². The molecule has 148 valence electrons. The van der Waals surface area contributed by atoms with Gasteiger partial charge in [0.15, 0.2) is 6.61 Å². The summed E-state index contributed by atoms with van der Waals surface area (Å²) in [5.41, 5.74) is 2.47. The number of amides is 2. The normalized spacial score (nSPS) is 12.9. The molecular weight excluding hydrogens is 356 g/mol. The van der Waals surface area contributed by atoms with Crippen molar-refractivity contribution >= 4 is 23.2 Å². The lowest BCUT2D eigenvalue weighted by molar-refractivity contribution is -0.121. The Kier molecular flexibility index (Phi) is 6.53. The molecule has 0 saturated heterocycles. The Morgan fingerprint density at radius 1 is 1.21 bits per heavy atom. The number of carbonyl (C=O) groups excluding carboxylic acids is 2. The van der Waals surface area contributed by atoms with Gasteiger partial charge in [0.2, 0.25) is 5.91 Å². The summed E-state index contributed by atoms with van der Waals surface area (Å²) in [5, 5.41) is 2.89. The Bertz CT molecular complexity index is 833. The lowest BCUT2D eigenvalue weighted by Crippen LogP contribution is -2.41. The number of aryl methyl sites for hydroxylation is 1. The fraction of sp³-hybridized carbons (Fsp3) is 0.364. The van der Waals surface area contributed by atoms with E-state index in [0.717, 1.165) is 24.2 Å². The third-order valence-electron chi connectivity index (χ3n) is 4.55. The minimum Gasteiger partial charge on any atom is -0.492 e. The smallest absolute Gasteiger partial charge is 0.265 e. The molecule has 0 saturated carbocycles. The molecule has 0 spiro atoms. The lowest BCUT2D eigenvalue weighted by Gasteiger charge is -2.29. The summed E-state index contributed by atoms with van der Waals surface area (Å²) in [5.74, 6) is 1.23. The van der Waals surface area contributed by atoms with Gasteiger partial charge in [0.05, 0.1) is 12.2 Å². The number of unbranched alkanes of at least 4 members (excludes halogenated alkanes) is 1. The fourth-order valence-corrected chi connectivity index (χ4v) is 2.98. The summed E-state index contributed by atoms with van der Waals surface area (Å²) in [6.07, 6.45) is 2.30. The summed E-state index contributed by atoms with van der Waals surface area (Å²) in [7, 11) is 0. The van der Waals surface area contributed by atoms with E-state index in [2.05, 4.69) is 5.32 Å². The molecule has 0 aliphatic carbocycles. The van der Waals surface area contributed by atoms with Crippen LogP contribution in [0.5, 0.6) is 11.5 Å². The number of nitrogens with one attached hydrogen (secondary N) is 1. The first-order chi connectivity index (χ1) is 13.6. The van der Waals surface area contributed by atoms with Gasteiger partial charge in [-0.15, -0.1) is 0 Å². The van der Waals surface area contributed by atoms with Crippen LogP contribution in [0.3, 0.4) is 0 Å². The van der Waals surface area contributed by atoms with Gasteiger partial charge in [0, 0.05) is 12.1 Å². The number of nitrogens with zero attached hydrogens (tertiary/aromatic N) is 1. The number of rotatable bonds is 8. The number of ether oxygens (including phenoxy) is 2. The van der Waals surface area contributed by atoms with Crippen molar-refractivity contribution in [2.45, 2.75) is 33.1 Å². The van der Waals surface area contributed by atoms with Gasteiger partial charge in [0.25, 0.3) is 5.91 Å². The average Bonchev–Trinajstić information content (AvgIpc) is 2.69. The van der Waals surface area contributed by atoms with Crippen molar-refractivity contribution in [3.05, 3.63) is 48.0 Å². The van der Waals surface area contributed by atoms with Gasteiger partial charge in [-0.25, -0.2) is 0 Å². The molecule has 2 amide bonds. The molecule has 2 aromatic rings. The molecule has 0 fully saturated rings. The maximum absolute atomic E-state index is 12.4. The molecule has 0 radical (unpaired) electrons. The molecular formula is C22H26N2O4. The SMILES string of the molecule is CCCCC(=O)Nc1ccc2c(c1)N(CCOc1ccc(C)cc1)C(=O)CO2. The minimum atomic E-state index is -0.130. The van der Waals surface area contributed by atoms with Crippen LogP contribution in [-0.2, 0) is 9.59 Å². The van der Waals surface area contributed by atoms with Gasteiger partial charge in [0.1, 0.15) is 18.1 Å². The van der Waals surface area contributed by atoms with Crippen molar-refractivity contribution in [1.82, 2.24) is 0 Å². The van der Waals surface area contributed by atoms with Crippen LogP contribution >= 0.6 is 0 Å². The zero-order valence-electron chi connectivity index (χ0n) is 16.4. The maximum Gasteiger partial charge on any atom is 0.265 e. The number of hydrogen-bond donors (Lipinski definition) is 1. The van der Waals surface area contributed by atoms with E-state index in [-0.39, 0.29) is 18.4 Å². The van der Waals surface area contributed by atoms with Crippen LogP contribution < -0.4 is 19.7 Å². The Hall–Kier alpha value is -3.02. The molecule has 3 rings (SSSR count). The second kappa shape index (κ2) is 9.26. The first kappa shape index (κ1) is 19.7. The van der Waals surface area contributed by atoms with Crippen LogP contribution in [0.25, 0.3) is 0 Å². The van der Waals surface area contributed by atoms with E-state index in [0.29, 0.717) is 36.7 Å². The van der Waals surface area contributed by atoms with Gasteiger partial charge in [-0.3, -0.25) is 9.59 Å². The van der Waals surface area contributed by atoms with Crippen molar-refractivity contribution in [3.8, 4) is 11.5 Å². The number of carbonyl (C=O) groups is 2. The molecule has 2 aromatic carbocycles. The number of benzene rings is 2. The molecule has 6 nitrogen and oxygen atoms in total. The van der Waals surface area contributed by atoms with Crippen LogP contribution in [0.1, 0.15) is 31.7 Å². The Labute approximate surface area is 165 Å². The van der Waals surface area contributed by atoms with Crippen molar-refractivity contribution in [2.75, 3.05) is 30.0 Å². The third-order valence-corrected chi connectivity index (χ3v) is 4.55. The monoisotopic (exact) mass is 382 g/mol. The van der Waals surface area contributed by atoms with E-state index in [1.165, 1.54) is 0 Å². The highest BCUT2D eigenvalue weighted by Crippen LogP contribution is 2.34. The standard InChI is InChI=1S/C22H26N2O4/c1-3-4-5-21(25)23-17-8-11-20-19(14-17)24(22(26)15-28-20)12-13-27-18-9-6-16(2)7-10-18/h6-11,14H,3-5,12-13,15H2,1-2H3,(H,23,25). The van der Waals surface area contributed by atoms with Crippen molar-refractivity contribution in [2.24, 2.45) is 0 Å². The van der Waals surface area contributed by atoms with Crippen LogP contribution in [-0.4, -0.2) is 31.6 Å². The highest BCUT2D eigenvalue weighted by Gasteiger charge is 2.26. The first-order valence-electron chi connectivity index (χ1n) is 9.63. The van der Waals surface area contributed by atoms with E-state index in [1.807, 2.05) is 38.1 Å². The third kappa shape index (κ3) is 5.03. The molecule has 1 aliphatic heterocycles. The molecule has 0 bridgehead atoms. The second-order valence-electron chi connectivity index (χ2n) is 6.83. The summed E-state index contributed by atoms with van der Waals surface area (Å²) in [6, 6.07) is 13.1. The van der Waals surface area contributed by atoms with Gasteiger partial charge in [-0.05, 0) is 43.7 Å². The maximum atomic E-state index is 12.4. The predicted octanol–water partition coefficient (Wildman–Crippen LogP) is 3.93. The summed E-state index contributed by atoms with van der Waals surface area (Å²) in [4.78, 5) is 26.0. The minimum absolute atomic E-state index is 0.000260. The summed E-state index contributed by atoms with van der Waals surface area (Å²) >= 11 is 0. The summed E-state index contributed by atoms with van der Waals surface area (Å²) < 4.78 is 11.3. The number of hydrogen-bond acceptors (Lipinski definition) is 4. The highest BCUT2D eigenvalue weighted by molar-refractivity contribution is 5.99. The fourth-order valence-electron chi connectivity index (χ4n) is 2.98. The highest BCUT2D eigenvalue weighted by atomic mass is 16.5. The molecule has 0 atom stereocenters. The molecule has 6 heteroatoms. The van der Waals surface area contributed by atoms with Gasteiger partial charge in [-0.1, -0.05) is 31.0 Å². The average molecular weight is 382 g/mol.